The Hall–Kier alpha value is -4.03. The summed E-state index contributed by atoms with van der Waals surface area (Å²) >= 11 is 0. The van der Waals surface area contributed by atoms with E-state index in [-0.39, 0.29) is 23.8 Å². The van der Waals surface area contributed by atoms with Crippen LogP contribution in [0.4, 0.5) is 15.3 Å². The van der Waals surface area contributed by atoms with Gasteiger partial charge < -0.3 is 42.1 Å². The number of benzene rings is 1. The van der Waals surface area contributed by atoms with Crippen LogP contribution in [0.25, 0.3) is 0 Å². The molecule has 7 N–H and O–H groups in total. The molecule has 13 heteroatoms. The molecule has 0 radical (unpaired) electrons. The predicted molar refractivity (Wildman–Crippen MR) is 152 cm³/mol. The molecule has 2 heterocycles. The van der Waals surface area contributed by atoms with Gasteiger partial charge in [-0.15, -0.1) is 0 Å². The minimum atomic E-state index is -0.434. The molecule has 0 spiro atoms. The van der Waals surface area contributed by atoms with Gasteiger partial charge in [0.15, 0.2) is 5.96 Å². The van der Waals surface area contributed by atoms with E-state index < -0.39 is 6.03 Å². The Morgan fingerprint density at radius 2 is 1.10 bits per heavy atom. The van der Waals surface area contributed by atoms with Crippen LogP contribution in [0.2, 0.25) is 0 Å². The molecular formula is C27H43N9O4. The monoisotopic (exact) mass is 557 g/mol. The summed E-state index contributed by atoms with van der Waals surface area (Å²) in [6.45, 7) is 4.55. The molecule has 13 nitrogen and oxygen atoms in total. The molecule has 0 atom stereocenters. The Kier molecular flexibility index (Phi) is 11.8. The van der Waals surface area contributed by atoms with E-state index in [0.29, 0.717) is 77.4 Å². The Labute approximate surface area is 235 Å². The van der Waals surface area contributed by atoms with E-state index >= 15 is 0 Å². The summed E-state index contributed by atoms with van der Waals surface area (Å²) in [4.78, 5) is 59.6. The standard InChI is InChI=1S/C27H43N9O4/c28-25(29)32-22-10-8-21(9-11-22)20-31-27(40)36-18-14-34(15-19-36)24(38)7-5-3-1-2-4-6-23(37)33-12-16-35(17-13-33)26(30)39/h8-11H,1-7,12-20H2,(H2,30,39)(H,31,40)(H4,28,29,32). The van der Waals surface area contributed by atoms with Gasteiger partial charge in [-0.1, -0.05) is 31.4 Å². The molecule has 0 saturated carbocycles. The van der Waals surface area contributed by atoms with Crippen LogP contribution in [0.5, 0.6) is 0 Å². The molecule has 0 unspecified atom stereocenters. The van der Waals surface area contributed by atoms with Gasteiger partial charge in [-0.25, -0.2) is 14.6 Å². The number of aliphatic imine (C=N–C) groups is 1. The van der Waals surface area contributed by atoms with E-state index in [9.17, 15) is 19.2 Å². The fourth-order valence-electron chi connectivity index (χ4n) is 4.86. The fraction of sp³-hybridized carbons (Fsp3) is 0.593. The van der Waals surface area contributed by atoms with Gasteiger partial charge in [0.2, 0.25) is 11.8 Å². The number of amides is 6. The summed E-state index contributed by atoms with van der Waals surface area (Å²) in [5.74, 6) is 0.256. The highest BCUT2D eigenvalue weighted by Gasteiger charge is 2.24. The second-order valence-electron chi connectivity index (χ2n) is 10.2. The quantitative estimate of drug-likeness (QED) is 0.178. The molecule has 2 fully saturated rings. The zero-order valence-corrected chi connectivity index (χ0v) is 23.2. The number of hydrogen-bond acceptors (Lipinski definition) is 5. The van der Waals surface area contributed by atoms with E-state index in [1.165, 1.54) is 0 Å². The van der Waals surface area contributed by atoms with Gasteiger partial charge in [-0.2, -0.15) is 0 Å². The van der Waals surface area contributed by atoms with Crippen LogP contribution in [0, 0.1) is 0 Å². The summed E-state index contributed by atoms with van der Waals surface area (Å²) in [5.41, 5.74) is 17.6. The van der Waals surface area contributed by atoms with Crippen molar-refractivity contribution in [1.29, 1.82) is 0 Å². The molecule has 2 aliphatic heterocycles. The van der Waals surface area contributed by atoms with Crippen LogP contribution in [0.3, 0.4) is 0 Å². The van der Waals surface area contributed by atoms with Crippen LogP contribution in [0.1, 0.15) is 50.5 Å². The topological polar surface area (TPSA) is 184 Å². The lowest BCUT2D eigenvalue weighted by molar-refractivity contribution is -0.133. The molecular weight excluding hydrogens is 514 g/mol. The average molecular weight is 558 g/mol. The molecule has 0 aromatic heterocycles. The molecule has 220 valence electrons. The maximum Gasteiger partial charge on any atom is 0.317 e. The number of hydrogen-bond donors (Lipinski definition) is 4. The number of piperazine rings is 2. The maximum absolute atomic E-state index is 12.6. The van der Waals surface area contributed by atoms with Crippen molar-refractivity contribution in [1.82, 2.24) is 24.9 Å². The zero-order chi connectivity index (χ0) is 28.9. The summed E-state index contributed by atoms with van der Waals surface area (Å²) in [7, 11) is 0. The van der Waals surface area contributed by atoms with Gasteiger partial charge in [0.1, 0.15) is 0 Å². The highest BCUT2D eigenvalue weighted by Crippen LogP contribution is 2.14. The Morgan fingerprint density at radius 1 is 0.650 bits per heavy atom. The summed E-state index contributed by atoms with van der Waals surface area (Å²) in [5, 5.41) is 2.92. The van der Waals surface area contributed by atoms with E-state index in [1.54, 1.807) is 26.8 Å². The maximum atomic E-state index is 12.6. The van der Waals surface area contributed by atoms with Crippen LogP contribution < -0.4 is 22.5 Å². The second kappa shape index (κ2) is 15.5. The third-order valence-corrected chi connectivity index (χ3v) is 7.28. The number of unbranched alkanes of at least 4 members (excludes halogenated alkanes) is 4. The number of nitrogens with two attached hydrogens (primary N) is 3. The van der Waals surface area contributed by atoms with E-state index in [0.717, 1.165) is 37.7 Å². The third-order valence-electron chi connectivity index (χ3n) is 7.28. The van der Waals surface area contributed by atoms with Crippen molar-refractivity contribution in [2.75, 3.05) is 52.4 Å². The highest BCUT2D eigenvalue weighted by molar-refractivity contribution is 5.79. The lowest BCUT2D eigenvalue weighted by atomic mass is 10.1. The van der Waals surface area contributed by atoms with Crippen LogP contribution in [-0.2, 0) is 16.1 Å². The summed E-state index contributed by atoms with van der Waals surface area (Å²) < 4.78 is 0. The van der Waals surface area contributed by atoms with Gasteiger partial charge >= 0.3 is 12.1 Å². The predicted octanol–water partition coefficient (Wildman–Crippen LogP) is 0.899. The normalized spacial score (nSPS) is 15.5. The lowest BCUT2D eigenvalue weighted by Crippen LogP contribution is -2.53. The number of rotatable bonds is 11. The van der Waals surface area contributed by atoms with Crippen molar-refractivity contribution in [2.45, 2.75) is 51.5 Å². The molecule has 2 saturated heterocycles. The van der Waals surface area contributed by atoms with E-state index in [1.807, 2.05) is 17.0 Å². The molecule has 0 aliphatic carbocycles. The Bertz CT molecular complexity index is 1030. The van der Waals surface area contributed by atoms with Crippen molar-refractivity contribution in [3.8, 4) is 0 Å². The molecule has 3 rings (SSSR count). The Balaban J connectivity index is 1.21. The number of guanidine groups is 1. The molecule has 1 aromatic rings. The minimum Gasteiger partial charge on any atom is -0.370 e. The van der Waals surface area contributed by atoms with Crippen molar-refractivity contribution >= 4 is 35.5 Å². The molecule has 0 bridgehead atoms. The van der Waals surface area contributed by atoms with Crippen LogP contribution >= 0.6 is 0 Å². The SMILES string of the molecule is NC(=O)N1CCN(C(=O)CCCCCCCC(=O)N2CCN(C(=O)NCc3ccc(N=C(N)N)cc3)CC2)CC1. The largest absolute Gasteiger partial charge is 0.370 e. The van der Waals surface area contributed by atoms with Gasteiger partial charge in [0.05, 0.1) is 5.69 Å². The number of carbonyl (C=O) groups is 4. The molecule has 40 heavy (non-hydrogen) atoms. The van der Waals surface area contributed by atoms with Gasteiger partial charge in [0, 0.05) is 71.7 Å². The van der Waals surface area contributed by atoms with Gasteiger partial charge in [0.25, 0.3) is 0 Å². The first-order valence-electron chi connectivity index (χ1n) is 14.0. The first-order chi connectivity index (χ1) is 19.2. The second-order valence-corrected chi connectivity index (χ2v) is 10.2. The van der Waals surface area contributed by atoms with Gasteiger partial charge in [-0.05, 0) is 30.5 Å². The molecule has 2 aliphatic rings. The van der Waals surface area contributed by atoms with Crippen molar-refractivity contribution in [2.24, 2.45) is 22.2 Å². The van der Waals surface area contributed by atoms with E-state index in [4.69, 9.17) is 17.2 Å². The number of carbonyl (C=O) groups excluding carboxylic acids is 4. The third kappa shape index (κ3) is 9.93. The fourth-order valence-corrected chi connectivity index (χ4v) is 4.86. The van der Waals surface area contributed by atoms with Crippen molar-refractivity contribution in [3.05, 3.63) is 29.8 Å². The van der Waals surface area contributed by atoms with E-state index in [2.05, 4.69) is 10.3 Å². The average Bonchev–Trinajstić information content (AvgIpc) is 2.95. The van der Waals surface area contributed by atoms with Crippen LogP contribution in [-0.4, -0.2) is 102 Å². The summed E-state index contributed by atoms with van der Waals surface area (Å²) in [6.07, 6.45) is 5.56. The highest BCUT2D eigenvalue weighted by atomic mass is 16.2. The number of nitrogens with one attached hydrogen (secondary N) is 1. The Morgan fingerprint density at radius 3 is 1.57 bits per heavy atom. The smallest absolute Gasteiger partial charge is 0.317 e. The lowest BCUT2D eigenvalue weighted by Gasteiger charge is -2.34. The summed E-state index contributed by atoms with van der Waals surface area (Å²) in [6, 6.07) is 6.70. The van der Waals surface area contributed by atoms with Crippen molar-refractivity contribution in [3.63, 3.8) is 0 Å². The molecule has 6 amide bonds. The zero-order valence-electron chi connectivity index (χ0n) is 23.2. The first-order valence-corrected chi connectivity index (χ1v) is 14.0. The van der Waals surface area contributed by atoms with Crippen LogP contribution in [0.15, 0.2) is 29.3 Å². The van der Waals surface area contributed by atoms with Gasteiger partial charge in [-0.3, -0.25) is 9.59 Å². The number of nitrogens with zero attached hydrogens (tertiary/aromatic N) is 5. The molecule has 1 aromatic carbocycles. The minimum absolute atomic E-state index is 0.00469. The number of primary amides is 1. The first kappa shape index (κ1) is 30.5. The van der Waals surface area contributed by atoms with Crippen molar-refractivity contribution < 1.29 is 19.2 Å². The number of urea groups is 2.